The summed E-state index contributed by atoms with van der Waals surface area (Å²) in [6.07, 6.45) is 4.01. The van der Waals surface area contributed by atoms with Gasteiger partial charge in [0.1, 0.15) is 0 Å². The van der Waals surface area contributed by atoms with Crippen molar-refractivity contribution in [3.63, 3.8) is 0 Å². The van der Waals surface area contributed by atoms with Gasteiger partial charge in [0.25, 0.3) is 0 Å². The van der Waals surface area contributed by atoms with Gasteiger partial charge in [-0.15, -0.1) is 0 Å². The molecule has 1 atom stereocenters. The zero-order chi connectivity index (χ0) is 6.85. The molecular weight excluding hydrogens is 108 g/mol. The second-order valence-electron chi connectivity index (χ2n) is 2.97. The van der Waals surface area contributed by atoms with Crippen molar-refractivity contribution in [2.75, 3.05) is 0 Å². The first kappa shape index (κ1) is 6.85. The molecule has 0 heterocycles. The second kappa shape index (κ2) is 2.55. The summed E-state index contributed by atoms with van der Waals surface area (Å²) in [6.45, 7) is 6.79. The molecule has 0 aromatic heterocycles. The average Bonchev–Trinajstić information content (AvgIpc) is 2.64. The Balaban J connectivity index is 2.46. The van der Waals surface area contributed by atoms with Gasteiger partial charge in [-0.25, -0.2) is 0 Å². The molecule has 0 aromatic rings. The first-order valence-electron chi connectivity index (χ1n) is 3.98. The van der Waals surface area contributed by atoms with Crippen LogP contribution < -0.4 is 0 Å². The van der Waals surface area contributed by atoms with Crippen molar-refractivity contribution in [3.8, 4) is 0 Å². The molecule has 0 bridgehead atoms. The highest BCUT2D eigenvalue weighted by atomic mass is 14.3. The summed E-state index contributed by atoms with van der Waals surface area (Å²) in [5.41, 5.74) is 3.39. The van der Waals surface area contributed by atoms with E-state index in [9.17, 15) is 0 Å². The summed E-state index contributed by atoms with van der Waals surface area (Å²) in [5.74, 6) is 0.977. The second-order valence-corrected chi connectivity index (χ2v) is 2.97. The molecule has 0 amide bonds. The van der Waals surface area contributed by atoms with Gasteiger partial charge in [-0.1, -0.05) is 25.0 Å². The van der Waals surface area contributed by atoms with Gasteiger partial charge in [0.2, 0.25) is 0 Å². The van der Waals surface area contributed by atoms with E-state index in [-0.39, 0.29) is 0 Å². The first-order chi connectivity index (χ1) is 4.29. The third-order valence-corrected chi connectivity index (χ3v) is 2.37. The molecule has 52 valence electrons. The highest BCUT2D eigenvalue weighted by Crippen LogP contribution is 2.43. The summed E-state index contributed by atoms with van der Waals surface area (Å²) in [6, 6.07) is 0. The van der Waals surface area contributed by atoms with Crippen molar-refractivity contribution in [1.29, 1.82) is 0 Å². The van der Waals surface area contributed by atoms with E-state index in [4.69, 9.17) is 0 Å². The summed E-state index contributed by atoms with van der Waals surface area (Å²) in [4.78, 5) is 0. The number of hydrogen-bond donors (Lipinski definition) is 0. The van der Waals surface area contributed by atoms with Crippen LogP contribution in [0.2, 0.25) is 0 Å². The molecule has 0 aliphatic heterocycles. The molecule has 0 heteroatoms. The largest absolute Gasteiger partial charge is 0.0741 e. The van der Waals surface area contributed by atoms with E-state index >= 15 is 0 Å². The molecule has 1 unspecified atom stereocenters. The Kier molecular flexibility index (Phi) is 1.94. The molecule has 0 nitrogen and oxygen atoms in total. The highest BCUT2D eigenvalue weighted by Gasteiger charge is 2.28. The van der Waals surface area contributed by atoms with Crippen molar-refractivity contribution in [2.24, 2.45) is 5.92 Å². The Morgan fingerprint density at radius 3 is 2.56 bits per heavy atom. The molecule has 1 fully saturated rings. The minimum atomic E-state index is 0.977. The minimum Gasteiger partial charge on any atom is -0.0741 e. The average molecular weight is 124 g/mol. The lowest BCUT2D eigenvalue weighted by Crippen LogP contribution is -1.72. The molecule has 1 rings (SSSR count). The third-order valence-electron chi connectivity index (χ3n) is 2.37. The monoisotopic (exact) mass is 124 g/mol. The Hall–Kier alpha value is -0.260. The van der Waals surface area contributed by atoms with Crippen LogP contribution in [0.15, 0.2) is 11.1 Å². The molecule has 0 radical (unpaired) electrons. The van der Waals surface area contributed by atoms with Gasteiger partial charge < -0.3 is 0 Å². The van der Waals surface area contributed by atoms with Gasteiger partial charge in [-0.3, -0.25) is 0 Å². The Morgan fingerprint density at radius 1 is 1.56 bits per heavy atom. The number of rotatable bonds is 2. The van der Waals surface area contributed by atoms with Crippen LogP contribution >= 0.6 is 0 Å². The Morgan fingerprint density at radius 2 is 2.22 bits per heavy atom. The van der Waals surface area contributed by atoms with E-state index in [1.54, 1.807) is 11.1 Å². The standard InChI is InChI=1S/C9H16/c1-4-7(3)9-6-8(9)5-2/h8H,4-6H2,1-3H3. The zero-order valence-corrected chi connectivity index (χ0v) is 6.70. The van der Waals surface area contributed by atoms with E-state index in [1.165, 1.54) is 19.3 Å². The fourth-order valence-electron chi connectivity index (χ4n) is 1.35. The number of hydrogen-bond acceptors (Lipinski definition) is 0. The summed E-state index contributed by atoms with van der Waals surface area (Å²) < 4.78 is 0. The van der Waals surface area contributed by atoms with E-state index < -0.39 is 0 Å². The van der Waals surface area contributed by atoms with Gasteiger partial charge in [0, 0.05) is 0 Å². The zero-order valence-electron chi connectivity index (χ0n) is 6.70. The number of allylic oxidation sites excluding steroid dienone is 2. The van der Waals surface area contributed by atoms with Gasteiger partial charge in [0.15, 0.2) is 0 Å². The predicted octanol–water partition coefficient (Wildman–Crippen LogP) is 3.14. The molecule has 0 aromatic carbocycles. The maximum atomic E-state index is 2.28. The van der Waals surface area contributed by atoms with Crippen molar-refractivity contribution in [1.82, 2.24) is 0 Å². The molecule has 0 spiro atoms. The fraction of sp³-hybridized carbons (Fsp3) is 0.778. The quantitative estimate of drug-likeness (QED) is 0.496. The van der Waals surface area contributed by atoms with E-state index in [2.05, 4.69) is 20.8 Å². The van der Waals surface area contributed by atoms with Gasteiger partial charge in [-0.05, 0) is 32.1 Å². The van der Waals surface area contributed by atoms with Crippen LogP contribution in [0.4, 0.5) is 0 Å². The molecule has 1 saturated carbocycles. The lowest BCUT2D eigenvalue weighted by Gasteiger charge is -1.90. The minimum absolute atomic E-state index is 0.977. The lowest BCUT2D eigenvalue weighted by atomic mass is 10.2. The third kappa shape index (κ3) is 1.35. The lowest BCUT2D eigenvalue weighted by molar-refractivity contribution is 0.822. The van der Waals surface area contributed by atoms with Crippen LogP contribution in [-0.2, 0) is 0 Å². The van der Waals surface area contributed by atoms with Crippen molar-refractivity contribution in [2.45, 2.75) is 40.0 Å². The highest BCUT2D eigenvalue weighted by molar-refractivity contribution is 5.28. The smallest absolute Gasteiger partial charge is 0.0166 e. The summed E-state index contributed by atoms with van der Waals surface area (Å²) in [7, 11) is 0. The molecule has 1 aliphatic carbocycles. The summed E-state index contributed by atoms with van der Waals surface area (Å²) >= 11 is 0. The first-order valence-corrected chi connectivity index (χ1v) is 3.98. The maximum Gasteiger partial charge on any atom is -0.0166 e. The van der Waals surface area contributed by atoms with Crippen LogP contribution in [0, 0.1) is 5.92 Å². The van der Waals surface area contributed by atoms with E-state index in [0.717, 1.165) is 5.92 Å². The van der Waals surface area contributed by atoms with Crippen molar-refractivity contribution >= 4 is 0 Å². The Labute approximate surface area is 58.0 Å². The van der Waals surface area contributed by atoms with Crippen LogP contribution in [0.3, 0.4) is 0 Å². The fourth-order valence-corrected chi connectivity index (χ4v) is 1.35. The maximum absolute atomic E-state index is 2.28. The van der Waals surface area contributed by atoms with Gasteiger partial charge in [0.05, 0.1) is 0 Å². The summed E-state index contributed by atoms with van der Waals surface area (Å²) in [5, 5.41) is 0. The van der Waals surface area contributed by atoms with Gasteiger partial charge in [-0.2, -0.15) is 0 Å². The molecule has 9 heavy (non-hydrogen) atoms. The van der Waals surface area contributed by atoms with Crippen LogP contribution in [0.1, 0.15) is 40.0 Å². The SMILES string of the molecule is CCC(C)=C1CC1CC. The van der Waals surface area contributed by atoms with Crippen LogP contribution in [0.5, 0.6) is 0 Å². The normalized spacial score (nSPS) is 30.3. The predicted molar refractivity (Wildman–Crippen MR) is 41.4 cm³/mol. The van der Waals surface area contributed by atoms with Gasteiger partial charge >= 0.3 is 0 Å². The van der Waals surface area contributed by atoms with E-state index in [0.29, 0.717) is 0 Å². The topological polar surface area (TPSA) is 0 Å². The van der Waals surface area contributed by atoms with Crippen LogP contribution in [0.25, 0.3) is 0 Å². The van der Waals surface area contributed by atoms with Crippen molar-refractivity contribution in [3.05, 3.63) is 11.1 Å². The molecule has 1 aliphatic rings. The van der Waals surface area contributed by atoms with E-state index in [1.807, 2.05) is 0 Å². The molecule has 0 saturated heterocycles. The van der Waals surface area contributed by atoms with Crippen LogP contribution in [-0.4, -0.2) is 0 Å². The Bertz CT molecular complexity index is 131. The van der Waals surface area contributed by atoms with Crippen molar-refractivity contribution < 1.29 is 0 Å². The molecular formula is C9H16. The molecule has 0 N–H and O–H groups in total.